The fraction of sp³-hybridized carbons (Fsp3) is 0.462. The van der Waals surface area contributed by atoms with Crippen LogP contribution in [0.25, 0.3) is 11.1 Å². The number of carbonyl (C=O) groups is 2. The molecule has 2 aliphatic rings. The second-order valence-electron chi connectivity index (χ2n) is 9.53. The van der Waals surface area contributed by atoms with Gasteiger partial charge in [0.25, 0.3) is 5.91 Å². The molecule has 1 aliphatic heterocycles. The topological polar surface area (TPSA) is 67.5 Å². The van der Waals surface area contributed by atoms with Gasteiger partial charge in [-0.2, -0.15) is 0 Å². The lowest BCUT2D eigenvalue weighted by Gasteiger charge is -2.44. The van der Waals surface area contributed by atoms with Crippen LogP contribution in [0.3, 0.4) is 0 Å². The van der Waals surface area contributed by atoms with Gasteiger partial charge in [-0.15, -0.1) is 0 Å². The van der Waals surface area contributed by atoms with E-state index in [1.807, 2.05) is 60.9 Å². The molecule has 6 nitrogen and oxygen atoms in total. The molecule has 2 amide bonds. The number of amides is 2. The quantitative estimate of drug-likeness (QED) is 0.601. The molecule has 2 aromatic heterocycles. The zero-order chi connectivity index (χ0) is 22.3. The molecule has 1 aliphatic carbocycles. The number of benzene rings is 1. The summed E-state index contributed by atoms with van der Waals surface area (Å²) in [5, 5.41) is 3.31. The van der Waals surface area contributed by atoms with E-state index < -0.39 is 5.54 Å². The lowest BCUT2D eigenvalue weighted by Crippen LogP contribution is -2.64. The van der Waals surface area contributed by atoms with Gasteiger partial charge in [0.15, 0.2) is 5.58 Å². The van der Waals surface area contributed by atoms with Gasteiger partial charge in [0.1, 0.15) is 17.0 Å². The third-order valence-corrected chi connectivity index (χ3v) is 7.10. The maximum atomic E-state index is 13.8. The fourth-order valence-electron chi connectivity index (χ4n) is 5.24. The van der Waals surface area contributed by atoms with Gasteiger partial charge < -0.3 is 19.2 Å². The van der Waals surface area contributed by atoms with Crippen molar-refractivity contribution in [1.82, 2.24) is 14.8 Å². The van der Waals surface area contributed by atoms with E-state index in [0.717, 1.165) is 42.5 Å². The molecule has 0 radical (unpaired) electrons. The van der Waals surface area contributed by atoms with Crippen LogP contribution in [0.15, 0.2) is 46.9 Å². The molecule has 1 aromatic carbocycles. The van der Waals surface area contributed by atoms with E-state index in [4.69, 9.17) is 4.42 Å². The third-order valence-electron chi connectivity index (χ3n) is 7.10. The van der Waals surface area contributed by atoms with Gasteiger partial charge in [-0.3, -0.25) is 9.59 Å². The Balaban J connectivity index is 1.52. The first-order valence-corrected chi connectivity index (χ1v) is 11.7. The molecule has 5 rings (SSSR count). The number of aryl methyl sites for hydroxylation is 1. The van der Waals surface area contributed by atoms with Crippen LogP contribution in [0.5, 0.6) is 0 Å². The molecular formula is C26H31N3O3. The SMILES string of the molecule is Cc1cc2c(cc3n2C[C@@](C)(C(=O)NC2CCCCCC2)N(Cc2ccccc2)C3=O)o1. The normalized spacial score (nSPS) is 22.1. The summed E-state index contributed by atoms with van der Waals surface area (Å²) in [5.74, 6) is 0.596. The van der Waals surface area contributed by atoms with Gasteiger partial charge in [-0.1, -0.05) is 56.0 Å². The van der Waals surface area contributed by atoms with Gasteiger partial charge in [0.2, 0.25) is 5.91 Å². The molecule has 3 aromatic rings. The molecule has 6 heteroatoms. The number of furan rings is 1. The highest BCUT2D eigenvalue weighted by molar-refractivity contribution is 6.03. The number of aromatic nitrogens is 1. The van der Waals surface area contributed by atoms with Crippen LogP contribution >= 0.6 is 0 Å². The summed E-state index contributed by atoms with van der Waals surface area (Å²) < 4.78 is 7.76. The van der Waals surface area contributed by atoms with Gasteiger partial charge in [0, 0.05) is 24.7 Å². The molecule has 1 N–H and O–H groups in total. The minimum atomic E-state index is -0.997. The lowest BCUT2D eigenvalue weighted by atomic mass is 9.93. The summed E-state index contributed by atoms with van der Waals surface area (Å²) in [6, 6.07) is 13.8. The van der Waals surface area contributed by atoms with Crippen molar-refractivity contribution < 1.29 is 14.0 Å². The molecule has 0 spiro atoms. The molecule has 0 saturated heterocycles. The Labute approximate surface area is 188 Å². The average molecular weight is 434 g/mol. The standard InChI is InChI=1S/C26H31N3O3/c1-18-14-21-23(32-18)15-22-24(30)29(16-19-10-6-5-7-11-19)26(2,17-28(21)22)25(31)27-20-12-8-3-4-9-13-20/h5-7,10-11,14-15,20H,3-4,8-9,12-13,16-17H2,1-2H3,(H,27,31)/t26-/m0/s1. The van der Waals surface area contributed by atoms with E-state index in [2.05, 4.69) is 5.32 Å². The van der Waals surface area contributed by atoms with Crippen molar-refractivity contribution in [1.29, 1.82) is 0 Å². The van der Waals surface area contributed by atoms with Crippen LogP contribution in [0.4, 0.5) is 0 Å². The third kappa shape index (κ3) is 3.61. The van der Waals surface area contributed by atoms with Crippen LogP contribution in [0, 0.1) is 6.92 Å². The van der Waals surface area contributed by atoms with E-state index in [9.17, 15) is 9.59 Å². The number of hydrogen-bond donors (Lipinski definition) is 1. The molecule has 0 unspecified atom stereocenters. The number of fused-ring (bicyclic) bond motifs is 3. The predicted molar refractivity (Wildman–Crippen MR) is 123 cm³/mol. The van der Waals surface area contributed by atoms with Crippen molar-refractivity contribution in [2.24, 2.45) is 0 Å². The predicted octanol–water partition coefficient (Wildman–Crippen LogP) is 4.80. The smallest absolute Gasteiger partial charge is 0.271 e. The second kappa shape index (κ2) is 8.15. The number of carbonyl (C=O) groups excluding carboxylic acids is 2. The fourth-order valence-corrected chi connectivity index (χ4v) is 5.24. The Morgan fingerprint density at radius 2 is 1.84 bits per heavy atom. The molecule has 1 saturated carbocycles. The largest absolute Gasteiger partial charge is 0.460 e. The van der Waals surface area contributed by atoms with Crippen LogP contribution in [0.1, 0.15) is 67.3 Å². The second-order valence-corrected chi connectivity index (χ2v) is 9.53. The first-order valence-electron chi connectivity index (χ1n) is 11.7. The van der Waals surface area contributed by atoms with Crippen LogP contribution in [0.2, 0.25) is 0 Å². The summed E-state index contributed by atoms with van der Waals surface area (Å²) in [4.78, 5) is 29.2. The van der Waals surface area contributed by atoms with Crippen LogP contribution < -0.4 is 5.32 Å². The Kier molecular flexibility index (Phi) is 5.31. The lowest BCUT2D eigenvalue weighted by molar-refractivity contribution is -0.134. The molecule has 3 heterocycles. The van der Waals surface area contributed by atoms with E-state index in [1.54, 1.807) is 4.90 Å². The minimum absolute atomic E-state index is 0.0682. The van der Waals surface area contributed by atoms with Crippen molar-refractivity contribution in [3.8, 4) is 0 Å². The van der Waals surface area contributed by atoms with Crippen LogP contribution in [-0.2, 0) is 17.9 Å². The van der Waals surface area contributed by atoms with Crippen molar-refractivity contribution >= 4 is 22.9 Å². The average Bonchev–Trinajstić information content (AvgIpc) is 3.17. The zero-order valence-electron chi connectivity index (χ0n) is 18.9. The number of rotatable bonds is 4. The van der Waals surface area contributed by atoms with Crippen molar-refractivity contribution in [3.05, 3.63) is 59.5 Å². The minimum Gasteiger partial charge on any atom is -0.460 e. The summed E-state index contributed by atoms with van der Waals surface area (Å²) in [7, 11) is 0. The van der Waals surface area contributed by atoms with Gasteiger partial charge >= 0.3 is 0 Å². The number of nitrogens with zero attached hydrogens (tertiary/aromatic N) is 2. The molecule has 0 bridgehead atoms. The van der Waals surface area contributed by atoms with Crippen molar-refractivity contribution in [2.45, 2.75) is 77.0 Å². The van der Waals surface area contributed by atoms with Gasteiger partial charge in [-0.25, -0.2) is 0 Å². The maximum absolute atomic E-state index is 13.8. The van der Waals surface area contributed by atoms with Gasteiger partial charge in [0.05, 0.1) is 12.1 Å². The Morgan fingerprint density at radius 3 is 2.56 bits per heavy atom. The number of nitrogens with one attached hydrogen (secondary N) is 1. The van der Waals surface area contributed by atoms with Crippen molar-refractivity contribution in [3.63, 3.8) is 0 Å². The van der Waals surface area contributed by atoms with E-state index in [-0.39, 0.29) is 17.9 Å². The Hall–Kier alpha value is -3.02. The molecule has 1 atom stereocenters. The van der Waals surface area contributed by atoms with Crippen molar-refractivity contribution in [2.75, 3.05) is 0 Å². The van der Waals surface area contributed by atoms with E-state index >= 15 is 0 Å². The van der Waals surface area contributed by atoms with Crippen LogP contribution in [-0.4, -0.2) is 32.9 Å². The first-order chi connectivity index (χ1) is 15.5. The highest BCUT2D eigenvalue weighted by Crippen LogP contribution is 2.35. The molecule has 1 fully saturated rings. The highest BCUT2D eigenvalue weighted by atomic mass is 16.3. The van der Waals surface area contributed by atoms with E-state index in [0.29, 0.717) is 24.4 Å². The molecular weight excluding hydrogens is 402 g/mol. The Morgan fingerprint density at radius 1 is 1.12 bits per heavy atom. The summed E-state index contributed by atoms with van der Waals surface area (Å²) in [5.41, 5.74) is 2.16. The number of hydrogen-bond acceptors (Lipinski definition) is 3. The summed E-state index contributed by atoms with van der Waals surface area (Å²) in [6.45, 7) is 4.60. The first kappa shape index (κ1) is 20.9. The van der Waals surface area contributed by atoms with Gasteiger partial charge in [-0.05, 0) is 32.3 Å². The monoisotopic (exact) mass is 433 g/mol. The highest BCUT2D eigenvalue weighted by Gasteiger charge is 2.48. The van der Waals surface area contributed by atoms with E-state index in [1.165, 1.54) is 12.8 Å². The Bertz CT molecular complexity index is 1140. The maximum Gasteiger partial charge on any atom is 0.271 e. The molecule has 168 valence electrons. The molecule has 32 heavy (non-hydrogen) atoms. The zero-order valence-corrected chi connectivity index (χ0v) is 18.9. The summed E-state index contributed by atoms with van der Waals surface area (Å²) >= 11 is 0. The summed E-state index contributed by atoms with van der Waals surface area (Å²) in [6.07, 6.45) is 6.76.